The molecule has 2 aromatic rings. The number of nitriles is 1. The van der Waals surface area contributed by atoms with Gasteiger partial charge in [-0.05, 0) is 29.8 Å². The molecule has 0 bridgehead atoms. The quantitative estimate of drug-likeness (QED) is 0.823. The van der Waals surface area contributed by atoms with Gasteiger partial charge < -0.3 is 0 Å². The second kappa shape index (κ2) is 5.90. The van der Waals surface area contributed by atoms with Crippen LogP contribution in [0, 0.1) is 11.3 Å². The van der Waals surface area contributed by atoms with Gasteiger partial charge in [-0.2, -0.15) is 5.26 Å². The van der Waals surface area contributed by atoms with E-state index in [0.29, 0.717) is 6.42 Å². The smallest absolute Gasteiger partial charge is 0.0670 e. The Balaban J connectivity index is 2.27. The zero-order chi connectivity index (χ0) is 12.1. The van der Waals surface area contributed by atoms with Crippen LogP contribution in [0.15, 0.2) is 62.8 Å². The summed E-state index contributed by atoms with van der Waals surface area (Å²) < 4.78 is 1.07. The number of benzene rings is 2. The Morgan fingerprint density at radius 2 is 1.94 bits per heavy atom. The van der Waals surface area contributed by atoms with Crippen LogP contribution in [0.5, 0.6) is 0 Å². The van der Waals surface area contributed by atoms with Crippen molar-refractivity contribution in [3.05, 3.63) is 58.6 Å². The van der Waals surface area contributed by atoms with E-state index < -0.39 is 0 Å². The fraction of sp³-hybridized carbons (Fsp3) is 0.0714. The first-order valence-corrected chi connectivity index (χ1v) is 6.79. The lowest BCUT2D eigenvalue weighted by Crippen LogP contribution is -1.85. The Kier molecular flexibility index (Phi) is 4.24. The second-order valence-electron chi connectivity index (χ2n) is 3.50. The van der Waals surface area contributed by atoms with Crippen molar-refractivity contribution in [3.8, 4) is 6.07 Å². The predicted molar refractivity (Wildman–Crippen MR) is 74.0 cm³/mol. The fourth-order valence-electron chi connectivity index (χ4n) is 1.49. The van der Waals surface area contributed by atoms with Crippen LogP contribution in [-0.2, 0) is 6.42 Å². The average Bonchev–Trinajstić information content (AvgIpc) is 2.32. The van der Waals surface area contributed by atoms with E-state index in [4.69, 9.17) is 5.26 Å². The van der Waals surface area contributed by atoms with Crippen LogP contribution in [-0.4, -0.2) is 0 Å². The standard InChI is InChI=1S/C14H10BrNS/c15-12-5-3-6-13(10-12)17-14-7-2-1-4-11(14)8-9-16/h1-7,10H,8H2. The van der Waals surface area contributed by atoms with E-state index in [9.17, 15) is 0 Å². The molecule has 1 nitrogen and oxygen atoms in total. The van der Waals surface area contributed by atoms with Crippen LogP contribution in [0.25, 0.3) is 0 Å². The highest BCUT2D eigenvalue weighted by atomic mass is 79.9. The average molecular weight is 304 g/mol. The van der Waals surface area contributed by atoms with Gasteiger partial charge in [-0.1, -0.05) is 52.0 Å². The van der Waals surface area contributed by atoms with Gasteiger partial charge in [0, 0.05) is 14.3 Å². The Morgan fingerprint density at radius 1 is 1.12 bits per heavy atom. The maximum absolute atomic E-state index is 8.79. The first-order chi connectivity index (χ1) is 8.29. The molecule has 0 spiro atoms. The zero-order valence-electron chi connectivity index (χ0n) is 9.06. The number of halogens is 1. The molecule has 2 rings (SSSR count). The van der Waals surface area contributed by atoms with Crippen LogP contribution in [0.2, 0.25) is 0 Å². The van der Waals surface area contributed by atoms with E-state index in [0.717, 1.165) is 14.9 Å². The summed E-state index contributed by atoms with van der Waals surface area (Å²) in [5.74, 6) is 0. The largest absolute Gasteiger partial charge is 0.198 e. The molecule has 0 aliphatic heterocycles. The first kappa shape index (κ1) is 12.2. The molecule has 0 radical (unpaired) electrons. The summed E-state index contributed by atoms with van der Waals surface area (Å²) in [6, 6.07) is 18.4. The lowest BCUT2D eigenvalue weighted by Gasteiger charge is -2.06. The van der Waals surface area contributed by atoms with Crippen molar-refractivity contribution in [2.45, 2.75) is 16.2 Å². The SMILES string of the molecule is N#CCc1ccccc1Sc1cccc(Br)c1. The van der Waals surface area contributed by atoms with Gasteiger partial charge in [0.2, 0.25) is 0 Å². The number of hydrogen-bond acceptors (Lipinski definition) is 2. The first-order valence-electron chi connectivity index (χ1n) is 5.18. The Morgan fingerprint density at radius 3 is 2.71 bits per heavy atom. The summed E-state index contributed by atoms with van der Waals surface area (Å²) in [7, 11) is 0. The number of hydrogen-bond donors (Lipinski definition) is 0. The van der Waals surface area contributed by atoms with E-state index in [-0.39, 0.29) is 0 Å². The van der Waals surface area contributed by atoms with Crippen molar-refractivity contribution >= 4 is 27.7 Å². The van der Waals surface area contributed by atoms with Crippen LogP contribution in [0.1, 0.15) is 5.56 Å². The molecule has 0 aliphatic rings. The molecule has 84 valence electrons. The van der Waals surface area contributed by atoms with E-state index in [1.807, 2.05) is 30.3 Å². The predicted octanol–water partition coefficient (Wildman–Crippen LogP) is 4.67. The lowest BCUT2D eigenvalue weighted by molar-refractivity contribution is 1.18. The minimum absolute atomic E-state index is 0.456. The van der Waals surface area contributed by atoms with Gasteiger partial charge in [-0.15, -0.1) is 0 Å². The van der Waals surface area contributed by atoms with Crippen LogP contribution in [0.4, 0.5) is 0 Å². The molecule has 0 N–H and O–H groups in total. The summed E-state index contributed by atoms with van der Waals surface area (Å²) in [6.45, 7) is 0. The maximum Gasteiger partial charge on any atom is 0.0670 e. The van der Waals surface area contributed by atoms with Gasteiger partial charge in [0.1, 0.15) is 0 Å². The minimum Gasteiger partial charge on any atom is -0.198 e. The van der Waals surface area contributed by atoms with Gasteiger partial charge in [0.05, 0.1) is 12.5 Å². The Labute approximate surface area is 114 Å². The molecular weight excluding hydrogens is 294 g/mol. The number of nitrogens with zero attached hydrogens (tertiary/aromatic N) is 1. The van der Waals surface area contributed by atoms with Crippen molar-refractivity contribution in [1.29, 1.82) is 5.26 Å². The minimum atomic E-state index is 0.456. The molecule has 17 heavy (non-hydrogen) atoms. The van der Waals surface area contributed by atoms with E-state index in [1.165, 1.54) is 4.90 Å². The van der Waals surface area contributed by atoms with Crippen molar-refractivity contribution in [1.82, 2.24) is 0 Å². The highest BCUT2D eigenvalue weighted by Crippen LogP contribution is 2.31. The summed E-state index contributed by atoms with van der Waals surface area (Å²) in [4.78, 5) is 2.32. The van der Waals surface area contributed by atoms with Crippen molar-refractivity contribution in [2.75, 3.05) is 0 Å². The lowest BCUT2D eigenvalue weighted by atomic mass is 10.2. The summed E-state index contributed by atoms with van der Waals surface area (Å²) in [5, 5.41) is 8.79. The van der Waals surface area contributed by atoms with E-state index >= 15 is 0 Å². The van der Waals surface area contributed by atoms with Gasteiger partial charge in [0.25, 0.3) is 0 Å². The summed E-state index contributed by atoms with van der Waals surface area (Å²) in [6.07, 6.45) is 0.456. The zero-order valence-corrected chi connectivity index (χ0v) is 11.5. The van der Waals surface area contributed by atoms with Gasteiger partial charge in [0.15, 0.2) is 0 Å². The van der Waals surface area contributed by atoms with Crippen molar-refractivity contribution in [2.24, 2.45) is 0 Å². The molecule has 0 unspecified atom stereocenters. The summed E-state index contributed by atoms with van der Waals surface area (Å²) >= 11 is 5.15. The van der Waals surface area contributed by atoms with Gasteiger partial charge >= 0.3 is 0 Å². The normalized spacial score (nSPS) is 9.88. The Bertz CT molecular complexity index is 560. The summed E-state index contributed by atoms with van der Waals surface area (Å²) in [5.41, 5.74) is 1.08. The molecule has 0 aliphatic carbocycles. The Hall–Kier alpha value is -1.24. The molecule has 0 saturated carbocycles. The van der Waals surface area contributed by atoms with Crippen LogP contribution >= 0.6 is 27.7 Å². The monoisotopic (exact) mass is 303 g/mol. The van der Waals surface area contributed by atoms with Gasteiger partial charge in [-0.3, -0.25) is 0 Å². The molecule has 0 amide bonds. The molecule has 3 heteroatoms. The van der Waals surface area contributed by atoms with Crippen LogP contribution in [0.3, 0.4) is 0 Å². The van der Waals surface area contributed by atoms with Crippen molar-refractivity contribution < 1.29 is 0 Å². The fourth-order valence-corrected chi connectivity index (χ4v) is 3.05. The molecule has 0 atom stereocenters. The molecule has 2 aromatic carbocycles. The molecule has 0 aromatic heterocycles. The van der Waals surface area contributed by atoms with Gasteiger partial charge in [-0.25, -0.2) is 0 Å². The maximum atomic E-state index is 8.79. The van der Waals surface area contributed by atoms with E-state index in [1.54, 1.807) is 11.8 Å². The second-order valence-corrected chi connectivity index (χ2v) is 5.53. The third kappa shape index (κ3) is 3.36. The van der Waals surface area contributed by atoms with Crippen molar-refractivity contribution in [3.63, 3.8) is 0 Å². The molecule has 0 saturated heterocycles. The van der Waals surface area contributed by atoms with E-state index in [2.05, 4.69) is 40.2 Å². The molecular formula is C14H10BrNS. The number of rotatable bonds is 3. The van der Waals surface area contributed by atoms with Crippen LogP contribution < -0.4 is 0 Å². The topological polar surface area (TPSA) is 23.8 Å². The molecule has 0 fully saturated rings. The molecule has 0 heterocycles. The highest BCUT2D eigenvalue weighted by Gasteiger charge is 2.03. The highest BCUT2D eigenvalue weighted by molar-refractivity contribution is 9.10. The third-order valence-corrected chi connectivity index (χ3v) is 3.87. The third-order valence-electron chi connectivity index (χ3n) is 2.27.